The van der Waals surface area contributed by atoms with Crippen LogP contribution in [0.25, 0.3) is 10.4 Å². The fourth-order valence-electron chi connectivity index (χ4n) is 0.594. The summed E-state index contributed by atoms with van der Waals surface area (Å²) in [5.41, 5.74) is 8.69. The average molecular weight is 145 g/mol. The van der Waals surface area contributed by atoms with Crippen LogP contribution in [0, 0.1) is 11.3 Å². The molecule has 0 aliphatic carbocycles. The molecule has 0 radical (unpaired) electrons. The molecule has 0 saturated carbocycles. The van der Waals surface area contributed by atoms with Gasteiger partial charge in [0.2, 0.25) is 0 Å². The molecular formula is C6H3N5. The third-order valence-electron chi connectivity index (χ3n) is 1.02. The Kier molecular flexibility index (Phi) is 2.06. The Balaban J connectivity index is 3.12. The van der Waals surface area contributed by atoms with Gasteiger partial charge in [-0.15, -0.1) is 0 Å². The lowest BCUT2D eigenvalue weighted by molar-refractivity contribution is 1.25. The molecule has 5 nitrogen and oxygen atoms in total. The van der Waals surface area contributed by atoms with Gasteiger partial charge in [0.05, 0.1) is 0 Å². The predicted molar refractivity (Wildman–Crippen MR) is 37.8 cm³/mol. The average Bonchev–Trinajstić information content (AvgIpc) is 2.06. The van der Waals surface area contributed by atoms with Crippen LogP contribution in [0.15, 0.2) is 23.4 Å². The van der Waals surface area contributed by atoms with Crippen molar-refractivity contribution < 1.29 is 0 Å². The van der Waals surface area contributed by atoms with Crippen molar-refractivity contribution in [2.24, 2.45) is 5.11 Å². The minimum Gasteiger partial charge on any atom is -0.246 e. The summed E-state index contributed by atoms with van der Waals surface area (Å²) in [5.74, 6) is 0. The van der Waals surface area contributed by atoms with Gasteiger partial charge in [0.1, 0.15) is 11.8 Å². The van der Waals surface area contributed by atoms with E-state index in [4.69, 9.17) is 10.8 Å². The van der Waals surface area contributed by atoms with Crippen molar-refractivity contribution in [1.82, 2.24) is 4.98 Å². The Hall–Kier alpha value is -2.05. The first-order valence-corrected chi connectivity index (χ1v) is 2.78. The maximum absolute atomic E-state index is 8.38. The molecule has 52 valence electrons. The van der Waals surface area contributed by atoms with Crippen molar-refractivity contribution in [3.05, 3.63) is 34.5 Å². The van der Waals surface area contributed by atoms with Gasteiger partial charge in [0, 0.05) is 16.8 Å². The maximum Gasteiger partial charge on any atom is 0.140 e. The number of hydrogen-bond donors (Lipinski definition) is 0. The number of hydrogen-bond acceptors (Lipinski definition) is 3. The summed E-state index contributed by atoms with van der Waals surface area (Å²) in [5, 5.41) is 11.7. The van der Waals surface area contributed by atoms with E-state index in [9.17, 15) is 0 Å². The van der Waals surface area contributed by atoms with E-state index in [1.807, 2.05) is 6.07 Å². The summed E-state index contributed by atoms with van der Waals surface area (Å²) in [6.07, 6.45) is 1.42. The summed E-state index contributed by atoms with van der Waals surface area (Å²) >= 11 is 0. The number of aromatic nitrogens is 1. The molecule has 0 bridgehead atoms. The molecule has 1 rings (SSSR count). The van der Waals surface area contributed by atoms with E-state index in [2.05, 4.69) is 15.0 Å². The Labute approximate surface area is 62.5 Å². The van der Waals surface area contributed by atoms with Crippen molar-refractivity contribution >= 4 is 5.69 Å². The van der Waals surface area contributed by atoms with Crippen LogP contribution in [0.3, 0.4) is 0 Å². The second-order valence-electron chi connectivity index (χ2n) is 1.70. The zero-order valence-corrected chi connectivity index (χ0v) is 5.47. The molecule has 1 aromatic rings. The molecule has 5 heteroatoms. The highest BCUT2D eigenvalue weighted by atomic mass is 15.1. The predicted octanol–water partition coefficient (Wildman–Crippen LogP) is 1.90. The zero-order chi connectivity index (χ0) is 8.10. The fraction of sp³-hybridized carbons (Fsp3) is 0. The Bertz CT molecular complexity index is 344. The molecule has 1 heterocycles. The topological polar surface area (TPSA) is 85.4 Å². The minimum absolute atomic E-state index is 0.245. The zero-order valence-electron chi connectivity index (χ0n) is 5.47. The van der Waals surface area contributed by atoms with Gasteiger partial charge in [-0.2, -0.15) is 5.26 Å². The van der Waals surface area contributed by atoms with Crippen LogP contribution in [-0.2, 0) is 0 Å². The molecule has 0 saturated heterocycles. The minimum atomic E-state index is 0.245. The largest absolute Gasteiger partial charge is 0.246 e. The molecule has 1 aromatic heterocycles. The van der Waals surface area contributed by atoms with Crippen molar-refractivity contribution in [1.29, 1.82) is 5.26 Å². The third kappa shape index (κ3) is 1.68. The summed E-state index contributed by atoms with van der Waals surface area (Å²) in [4.78, 5) is 6.26. The van der Waals surface area contributed by atoms with Gasteiger partial charge in [-0.1, -0.05) is 5.11 Å². The van der Waals surface area contributed by atoms with Crippen LogP contribution in [0.1, 0.15) is 5.69 Å². The SMILES string of the molecule is N#Cc1cc(N=[N+]=[N-])ccn1. The van der Waals surface area contributed by atoms with Crippen LogP contribution in [-0.4, -0.2) is 4.98 Å². The smallest absolute Gasteiger partial charge is 0.140 e. The Morgan fingerprint density at radius 1 is 1.73 bits per heavy atom. The molecule has 11 heavy (non-hydrogen) atoms. The molecule has 0 spiro atoms. The molecule has 0 aliphatic heterocycles. The number of nitriles is 1. The van der Waals surface area contributed by atoms with Crippen LogP contribution in [0.4, 0.5) is 5.69 Å². The number of nitrogens with zero attached hydrogens (tertiary/aromatic N) is 5. The summed E-state index contributed by atoms with van der Waals surface area (Å²) < 4.78 is 0. The number of azide groups is 1. The van der Waals surface area contributed by atoms with E-state index in [1.54, 1.807) is 0 Å². The molecule has 0 N–H and O–H groups in total. The normalized spacial score (nSPS) is 7.91. The number of rotatable bonds is 1. The first kappa shape index (κ1) is 7.06. The number of pyridine rings is 1. The molecule has 0 fully saturated rings. The van der Waals surface area contributed by atoms with Gasteiger partial charge in [-0.3, -0.25) is 0 Å². The molecule has 0 amide bonds. The van der Waals surface area contributed by atoms with Crippen LogP contribution in [0.5, 0.6) is 0 Å². The second-order valence-corrected chi connectivity index (χ2v) is 1.70. The van der Waals surface area contributed by atoms with Crippen LogP contribution < -0.4 is 0 Å². The van der Waals surface area contributed by atoms with Gasteiger partial charge in [-0.25, -0.2) is 4.98 Å². The van der Waals surface area contributed by atoms with E-state index < -0.39 is 0 Å². The first-order valence-electron chi connectivity index (χ1n) is 2.78. The summed E-state index contributed by atoms with van der Waals surface area (Å²) in [6.45, 7) is 0. The van der Waals surface area contributed by atoms with E-state index in [-0.39, 0.29) is 5.69 Å². The van der Waals surface area contributed by atoms with Gasteiger partial charge < -0.3 is 0 Å². The molecule has 0 aromatic carbocycles. The maximum atomic E-state index is 8.38. The van der Waals surface area contributed by atoms with Crippen molar-refractivity contribution in [3.8, 4) is 6.07 Å². The van der Waals surface area contributed by atoms with Gasteiger partial charge >= 0.3 is 0 Å². The van der Waals surface area contributed by atoms with E-state index >= 15 is 0 Å². The highest BCUT2D eigenvalue weighted by Gasteiger charge is 1.91. The lowest BCUT2D eigenvalue weighted by Crippen LogP contribution is -1.77. The molecular weight excluding hydrogens is 142 g/mol. The highest BCUT2D eigenvalue weighted by Crippen LogP contribution is 2.10. The van der Waals surface area contributed by atoms with Crippen LogP contribution >= 0.6 is 0 Å². The van der Waals surface area contributed by atoms with Crippen molar-refractivity contribution in [3.63, 3.8) is 0 Å². The summed E-state index contributed by atoms with van der Waals surface area (Å²) in [7, 11) is 0. The van der Waals surface area contributed by atoms with Gasteiger partial charge in [0.25, 0.3) is 0 Å². The van der Waals surface area contributed by atoms with E-state index in [0.29, 0.717) is 5.69 Å². The molecule has 0 unspecified atom stereocenters. The standard InChI is InChI=1S/C6H3N5/c7-4-6-3-5(10-11-8)1-2-9-6/h1-3H. The Morgan fingerprint density at radius 2 is 2.55 bits per heavy atom. The lowest BCUT2D eigenvalue weighted by Gasteiger charge is -1.88. The lowest BCUT2D eigenvalue weighted by atomic mass is 10.3. The first-order chi connectivity index (χ1) is 5.36. The molecule has 0 aliphatic rings. The Morgan fingerprint density at radius 3 is 3.18 bits per heavy atom. The molecule has 0 atom stereocenters. The summed E-state index contributed by atoms with van der Waals surface area (Å²) in [6, 6.07) is 4.78. The fourth-order valence-corrected chi connectivity index (χ4v) is 0.594. The van der Waals surface area contributed by atoms with E-state index in [1.165, 1.54) is 18.3 Å². The van der Waals surface area contributed by atoms with Crippen molar-refractivity contribution in [2.45, 2.75) is 0 Å². The van der Waals surface area contributed by atoms with Crippen molar-refractivity contribution in [2.75, 3.05) is 0 Å². The quantitative estimate of drug-likeness (QED) is 0.343. The monoisotopic (exact) mass is 145 g/mol. The highest BCUT2D eigenvalue weighted by molar-refractivity contribution is 5.40. The van der Waals surface area contributed by atoms with Gasteiger partial charge in [0.15, 0.2) is 0 Å². The van der Waals surface area contributed by atoms with Gasteiger partial charge in [-0.05, 0) is 17.7 Å². The van der Waals surface area contributed by atoms with E-state index in [0.717, 1.165) is 0 Å². The van der Waals surface area contributed by atoms with Crippen LogP contribution in [0.2, 0.25) is 0 Å². The second kappa shape index (κ2) is 3.20. The third-order valence-corrected chi connectivity index (χ3v) is 1.02.